The van der Waals surface area contributed by atoms with Gasteiger partial charge in [-0.3, -0.25) is 9.89 Å². The molecule has 1 atom stereocenters. The van der Waals surface area contributed by atoms with Crippen molar-refractivity contribution in [3.63, 3.8) is 0 Å². The van der Waals surface area contributed by atoms with Crippen molar-refractivity contribution < 1.29 is 13.9 Å². The Morgan fingerprint density at radius 1 is 1.22 bits per heavy atom. The molecule has 6 nitrogen and oxygen atoms in total. The summed E-state index contributed by atoms with van der Waals surface area (Å²) < 4.78 is 24.2. The highest BCUT2D eigenvalue weighted by Crippen LogP contribution is 2.22. The molecule has 0 aliphatic carbocycles. The van der Waals surface area contributed by atoms with Crippen molar-refractivity contribution >= 4 is 5.96 Å². The molecular weight excluding hydrogens is 347 g/mol. The van der Waals surface area contributed by atoms with E-state index >= 15 is 0 Å². The van der Waals surface area contributed by atoms with Gasteiger partial charge in [0.2, 0.25) is 0 Å². The molecule has 0 aromatic heterocycles. The van der Waals surface area contributed by atoms with Crippen molar-refractivity contribution in [3.8, 4) is 0 Å². The van der Waals surface area contributed by atoms with Gasteiger partial charge >= 0.3 is 0 Å². The molecule has 1 unspecified atom stereocenters. The molecule has 1 aromatic rings. The number of hydrogen-bond donors (Lipinski definition) is 2. The molecule has 0 saturated carbocycles. The van der Waals surface area contributed by atoms with Crippen molar-refractivity contribution in [1.82, 2.24) is 15.5 Å². The Kier molecular flexibility index (Phi) is 10.1. The first-order valence-corrected chi connectivity index (χ1v) is 9.91. The normalized spacial score (nSPS) is 16.9. The van der Waals surface area contributed by atoms with Gasteiger partial charge < -0.3 is 20.1 Å². The lowest BCUT2D eigenvalue weighted by atomic mass is 10.0. The van der Waals surface area contributed by atoms with Crippen LogP contribution >= 0.6 is 0 Å². The highest BCUT2D eigenvalue weighted by atomic mass is 19.1. The van der Waals surface area contributed by atoms with Crippen LogP contribution in [0.25, 0.3) is 0 Å². The number of rotatable bonds is 10. The zero-order valence-corrected chi connectivity index (χ0v) is 16.5. The maximum atomic E-state index is 13.3. The first kappa shape index (κ1) is 21.6. The van der Waals surface area contributed by atoms with Crippen molar-refractivity contribution in [2.24, 2.45) is 4.99 Å². The van der Waals surface area contributed by atoms with E-state index in [9.17, 15) is 4.39 Å². The number of guanidine groups is 1. The van der Waals surface area contributed by atoms with Crippen LogP contribution in [0.3, 0.4) is 0 Å². The van der Waals surface area contributed by atoms with Crippen LogP contribution in [-0.4, -0.2) is 70.0 Å². The highest BCUT2D eigenvalue weighted by molar-refractivity contribution is 5.79. The summed E-state index contributed by atoms with van der Waals surface area (Å²) >= 11 is 0. The Hall–Kier alpha value is -1.70. The average Bonchev–Trinajstić information content (AvgIpc) is 2.70. The molecule has 1 fully saturated rings. The summed E-state index contributed by atoms with van der Waals surface area (Å²) in [4.78, 5) is 7.14. The minimum Gasteiger partial charge on any atom is -0.382 e. The summed E-state index contributed by atoms with van der Waals surface area (Å²) in [5, 5.41) is 6.64. The van der Waals surface area contributed by atoms with Gasteiger partial charge in [0.15, 0.2) is 5.96 Å². The van der Waals surface area contributed by atoms with E-state index in [-0.39, 0.29) is 11.9 Å². The van der Waals surface area contributed by atoms with Gasteiger partial charge in [-0.1, -0.05) is 12.1 Å². The Morgan fingerprint density at radius 2 is 1.96 bits per heavy atom. The predicted molar refractivity (Wildman–Crippen MR) is 107 cm³/mol. The fourth-order valence-electron chi connectivity index (χ4n) is 3.05. The summed E-state index contributed by atoms with van der Waals surface area (Å²) in [6.45, 7) is 10.9. The van der Waals surface area contributed by atoms with Crippen LogP contribution in [0.2, 0.25) is 0 Å². The van der Waals surface area contributed by atoms with E-state index in [0.29, 0.717) is 6.54 Å². The van der Waals surface area contributed by atoms with E-state index in [1.807, 2.05) is 19.1 Å². The molecule has 0 spiro atoms. The van der Waals surface area contributed by atoms with Gasteiger partial charge in [-0.25, -0.2) is 4.39 Å². The van der Waals surface area contributed by atoms with Gasteiger partial charge in [-0.15, -0.1) is 0 Å². The van der Waals surface area contributed by atoms with E-state index in [1.54, 1.807) is 0 Å². The molecule has 1 aliphatic rings. The van der Waals surface area contributed by atoms with Crippen LogP contribution < -0.4 is 10.6 Å². The number of nitrogens with one attached hydrogen (secondary N) is 2. The lowest BCUT2D eigenvalue weighted by Crippen LogP contribution is -2.42. The Labute approximate surface area is 162 Å². The van der Waals surface area contributed by atoms with Gasteiger partial charge in [-0.2, -0.15) is 0 Å². The van der Waals surface area contributed by atoms with Crippen LogP contribution in [0.5, 0.6) is 0 Å². The first-order chi connectivity index (χ1) is 13.2. The average molecular weight is 381 g/mol. The maximum Gasteiger partial charge on any atom is 0.191 e. The Balaban J connectivity index is 2.01. The zero-order valence-electron chi connectivity index (χ0n) is 16.5. The SMILES string of the molecule is CCNC(=NCC(c1ccc(F)cc1)N1CCOCC1)NCCCOCC. The summed E-state index contributed by atoms with van der Waals surface area (Å²) in [6.07, 6.45) is 0.934. The third-order valence-corrected chi connectivity index (χ3v) is 4.47. The second-order valence-electron chi connectivity index (χ2n) is 6.41. The molecule has 152 valence electrons. The van der Waals surface area contributed by atoms with Gasteiger partial charge in [0.25, 0.3) is 0 Å². The Morgan fingerprint density at radius 3 is 2.63 bits per heavy atom. The van der Waals surface area contributed by atoms with E-state index in [2.05, 4.69) is 22.5 Å². The van der Waals surface area contributed by atoms with Crippen LogP contribution in [0, 0.1) is 5.82 Å². The van der Waals surface area contributed by atoms with Crippen LogP contribution in [-0.2, 0) is 9.47 Å². The van der Waals surface area contributed by atoms with E-state index in [0.717, 1.165) is 70.6 Å². The van der Waals surface area contributed by atoms with Crippen LogP contribution in [0.1, 0.15) is 31.9 Å². The molecule has 1 heterocycles. The summed E-state index contributed by atoms with van der Waals surface area (Å²) in [5.41, 5.74) is 1.08. The molecule has 0 bridgehead atoms. The van der Waals surface area contributed by atoms with Gasteiger partial charge in [0.1, 0.15) is 5.82 Å². The molecular formula is C20H33FN4O2. The molecule has 7 heteroatoms. The zero-order chi connectivity index (χ0) is 19.3. The number of halogens is 1. The van der Waals surface area contributed by atoms with Gasteiger partial charge in [0.05, 0.1) is 25.8 Å². The Bertz CT molecular complexity index is 547. The van der Waals surface area contributed by atoms with Crippen molar-refractivity contribution in [2.45, 2.75) is 26.3 Å². The molecule has 2 N–H and O–H groups in total. The van der Waals surface area contributed by atoms with Crippen molar-refractivity contribution in [1.29, 1.82) is 0 Å². The molecule has 2 rings (SSSR count). The lowest BCUT2D eigenvalue weighted by Gasteiger charge is -2.34. The third-order valence-electron chi connectivity index (χ3n) is 4.47. The number of aliphatic imine (C=N–C) groups is 1. The molecule has 0 amide bonds. The number of hydrogen-bond acceptors (Lipinski definition) is 4. The minimum absolute atomic E-state index is 0.105. The topological polar surface area (TPSA) is 58.1 Å². The van der Waals surface area contributed by atoms with E-state index in [1.165, 1.54) is 12.1 Å². The van der Waals surface area contributed by atoms with E-state index in [4.69, 9.17) is 14.5 Å². The quantitative estimate of drug-likeness (QED) is 0.370. The smallest absolute Gasteiger partial charge is 0.191 e. The highest BCUT2D eigenvalue weighted by Gasteiger charge is 2.22. The van der Waals surface area contributed by atoms with Crippen molar-refractivity contribution in [3.05, 3.63) is 35.6 Å². The third kappa shape index (κ3) is 7.82. The number of benzene rings is 1. The summed E-state index contributed by atoms with van der Waals surface area (Å²) in [7, 11) is 0. The first-order valence-electron chi connectivity index (χ1n) is 9.91. The van der Waals surface area contributed by atoms with E-state index < -0.39 is 0 Å². The standard InChI is InChI=1S/C20H33FN4O2/c1-3-22-20(23-10-5-13-26-4-2)24-16-19(25-11-14-27-15-12-25)17-6-8-18(21)9-7-17/h6-9,19H,3-5,10-16H2,1-2H3,(H2,22,23,24). The van der Waals surface area contributed by atoms with Crippen LogP contribution in [0.4, 0.5) is 4.39 Å². The van der Waals surface area contributed by atoms with Gasteiger partial charge in [-0.05, 0) is 38.0 Å². The summed E-state index contributed by atoms with van der Waals surface area (Å²) in [6, 6.07) is 6.85. The predicted octanol–water partition coefficient (Wildman–Crippen LogP) is 2.18. The second-order valence-corrected chi connectivity index (χ2v) is 6.41. The summed E-state index contributed by atoms with van der Waals surface area (Å²) in [5.74, 6) is 0.585. The molecule has 1 aromatic carbocycles. The number of nitrogens with zero attached hydrogens (tertiary/aromatic N) is 2. The van der Waals surface area contributed by atoms with Gasteiger partial charge in [0, 0.05) is 39.4 Å². The fourth-order valence-corrected chi connectivity index (χ4v) is 3.05. The lowest BCUT2D eigenvalue weighted by molar-refractivity contribution is 0.0179. The molecule has 0 radical (unpaired) electrons. The number of ether oxygens (including phenoxy) is 2. The second kappa shape index (κ2) is 12.6. The minimum atomic E-state index is -0.215. The monoisotopic (exact) mass is 380 g/mol. The maximum absolute atomic E-state index is 13.3. The van der Waals surface area contributed by atoms with Crippen molar-refractivity contribution in [2.75, 3.05) is 59.2 Å². The molecule has 1 saturated heterocycles. The molecule has 1 aliphatic heterocycles. The molecule has 27 heavy (non-hydrogen) atoms. The fraction of sp³-hybridized carbons (Fsp3) is 0.650. The number of morpholine rings is 1. The van der Waals surface area contributed by atoms with Crippen LogP contribution in [0.15, 0.2) is 29.3 Å². The largest absolute Gasteiger partial charge is 0.382 e.